The Balaban J connectivity index is 0.000000273. The van der Waals surface area contributed by atoms with E-state index in [2.05, 4.69) is 0 Å². The Morgan fingerprint density at radius 1 is 0.815 bits per heavy atom. The molecule has 6 nitrogen and oxygen atoms in total. The zero-order valence-corrected chi connectivity index (χ0v) is 15.4. The number of amides is 1. The van der Waals surface area contributed by atoms with E-state index in [-0.39, 0.29) is 15.4 Å². The lowest BCUT2D eigenvalue weighted by molar-refractivity contribution is 0.0997. The molecule has 0 aliphatic rings. The fourth-order valence-corrected chi connectivity index (χ4v) is 3.76. The number of sulfone groups is 1. The molecule has 3 aromatic rings. The van der Waals surface area contributed by atoms with Crippen LogP contribution in [0.1, 0.15) is 15.9 Å². The topological polar surface area (TPSA) is 129 Å². The van der Waals surface area contributed by atoms with Gasteiger partial charge in [0.05, 0.1) is 15.4 Å². The van der Waals surface area contributed by atoms with Gasteiger partial charge in [-0.25, -0.2) is 8.42 Å². The van der Waals surface area contributed by atoms with Crippen molar-refractivity contribution in [1.29, 1.82) is 0 Å². The number of hydrogen-bond acceptors (Lipinski definition) is 5. The molecule has 0 spiro atoms. The number of primary amides is 1. The summed E-state index contributed by atoms with van der Waals surface area (Å²) >= 11 is 0. The Bertz CT molecular complexity index is 1000. The number of carbonyl (C=O) groups is 1. The average molecular weight is 383 g/mol. The van der Waals surface area contributed by atoms with Gasteiger partial charge in [0.25, 0.3) is 0 Å². The van der Waals surface area contributed by atoms with Crippen molar-refractivity contribution in [1.82, 2.24) is 0 Å². The first-order chi connectivity index (χ1) is 12.9. The largest absolute Gasteiger partial charge is 0.399 e. The van der Waals surface area contributed by atoms with E-state index in [1.165, 1.54) is 48.0 Å². The summed E-state index contributed by atoms with van der Waals surface area (Å²) in [5.74, 6) is -0.783. The van der Waals surface area contributed by atoms with E-state index in [1.54, 1.807) is 6.07 Å². The van der Waals surface area contributed by atoms with Gasteiger partial charge in [-0.05, 0) is 42.0 Å². The molecule has 0 atom stereocenters. The monoisotopic (exact) mass is 383 g/mol. The highest BCUT2D eigenvalue weighted by Gasteiger charge is 2.22. The molecule has 0 saturated heterocycles. The molecule has 27 heavy (non-hydrogen) atoms. The van der Waals surface area contributed by atoms with Crippen molar-refractivity contribution >= 4 is 21.4 Å². The third-order valence-corrected chi connectivity index (χ3v) is 5.54. The van der Waals surface area contributed by atoms with Crippen LogP contribution >= 0.6 is 0 Å². The zero-order chi connectivity index (χ0) is 19.9. The van der Waals surface area contributed by atoms with Gasteiger partial charge in [0, 0.05) is 12.2 Å². The molecule has 0 saturated carbocycles. The van der Waals surface area contributed by atoms with Crippen LogP contribution in [0.4, 0.5) is 5.69 Å². The molecule has 7 heteroatoms. The van der Waals surface area contributed by atoms with E-state index in [0.29, 0.717) is 12.2 Å². The van der Waals surface area contributed by atoms with Gasteiger partial charge in [-0.1, -0.05) is 42.5 Å². The highest BCUT2D eigenvalue weighted by molar-refractivity contribution is 7.91. The minimum Gasteiger partial charge on any atom is -0.399 e. The van der Waals surface area contributed by atoms with Crippen molar-refractivity contribution in [2.24, 2.45) is 11.5 Å². The lowest BCUT2D eigenvalue weighted by Crippen LogP contribution is -2.16. The van der Waals surface area contributed by atoms with Crippen molar-refractivity contribution in [3.63, 3.8) is 0 Å². The van der Waals surface area contributed by atoms with Crippen LogP contribution in [0.3, 0.4) is 0 Å². The van der Waals surface area contributed by atoms with E-state index >= 15 is 0 Å². The van der Waals surface area contributed by atoms with Crippen LogP contribution in [-0.4, -0.2) is 14.3 Å². The number of hydrogen-bond donors (Lipinski definition) is 3. The quantitative estimate of drug-likeness (QED) is 0.596. The standard InChI is InChI=1S/C13H12N2O3S.C7H9N/c14-9-5-7-10(8-6-9)19(17,18)12-4-2-1-3-11(12)13(15)16;8-6-7-4-2-1-3-5-7/h1-8H,14H2,(H2,15,16);1-5H,6,8H2. The predicted octanol–water partition coefficient (Wildman–Crippen LogP) is 2.35. The van der Waals surface area contributed by atoms with Gasteiger partial charge in [-0.2, -0.15) is 0 Å². The fourth-order valence-electron chi connectivity index (χ4n) is 2.29. The van der Waals surface area contributed by atoms with Crippen LogP contribution in [-0.2, 0) is 16.4 Å². The minimum atomic E-state index is -3.79. The maximum Gasteiger partial charge on any atom is 0.250 e. The van der Waals surface area contributed by atoms with Crippen LogP contribution in [0.5, 0.6) is 0 Å². The molecule has 0 aliphatic carbocycles. The molecule has 1 amide bonds. The number of rotatable bonds is 4. The third kappa shape index (κ3) is 5.16. The van der Waals surface area contributed by atoms with E-state index < -0.39 is 15.7 Å². The number of nitrogens with two attached hydrogens (primary N) is 3. The van der Waals surface area contributed by atoms with E-state index in [1.807, 2.05) is 30.3 Å². The van der Waals surface area contributed by atoms with E-state index in [4.69, 9.17) is 17.2 Å². The molecule has 6 N–H and O–H groups in total. The van der Waals surface area contributed by atoms with Crippen molar-refractivity contribution in [2.75, 3.05) is 5.73 Å². The maximum absolute atomic E-state index is 12.4. The van der Waals surface area contributed by atoms with Crippen molar-refractivity contribution in [2.45, 2.75) is 16.3 Å². The highest BCUT2D eigenvalue weighted by Crippen LogP contribution is 2.24. The molecular weight excluding hydrogens is 362 g/mol. The molecule has 140 valence electrons. The second-order valence-electron chi connectivity index (χ2n) is 5.62. The van der Waals surface area contributed by atoms with Gasteiger partial charge in [0.15, 0.2) is 0 Å². The molecule has 0 heterocycles. The lowest BCUT2D eigenvalue weighted by Gasteiger charge is -2.08. The summed E-state index contributed by atoms with van der Waals surface area (Å²) in [7, 11) is -3.79. The van der Waals surface area contributed by atoms with Gasteiger partial charge >= 0.3 is 0 Å². The third-order valence-electron chi connectivity index (χ3n) is 3.71. The average Bonchev–Trinajstić information content (AvgIpc) is 2.69. The molecule has 3 aromatic carbocycles. The summed E-state index contributed by atoms with van der Waals surface area (Å²) in [5, 5.41) is 0. The number of carbonyl (C=O) groups excluding carboxylic acids is 1. The normalized spacial score (nSPS) is 10.6. The van der Waals surface area contributed by atoms with Crippen LogP contribution in [0, 0.1) is 0 Å². The Hall–Kier alpha value is -3.16. The molecule has 0 aromatic heterocycles. The summed E-state index contributed by atoms with van der Waals surface area (Å²) in [5.41, 5.74) is 17.7. The smallest absolute Gasteiger partial charge is 0.250 e. The maximum atomic E-state index is 12.4. The number of anilines is 1. The summed E-state index contributed by atoms with van der Waals surface area (Å²) in [6.07, 6.45) is 0. The van der Waals surface area contributed by atoms with E-state index in [9.17, 15) is 13.2 Å². The van der Waals surface area contributed by atoms with Gasteiger partial charge < -0.3 is 17.2 Å². The first-order valence-corrected chi connectivity index (χ1v) is 9.58. The summed E-state index contributed by atoms with van der Waals surface area (Å²) in [6, 6.07) is 21.6. The summed E-state index contributed by atoms with van der Waals surface area (Å²) < 4.78 is 24.8. The first-order valence-electron chi connectivity index (χ1n) is 8.09. The number of nitrogen functional groups attached to an aromatic ring is 1. The SMILES string of the molecule is NC(=O)c1ccccc1S(=O)(=O)c1ccc(N)cc1.NCc1ccccc1. The molecule has 0 fully saturated rings. The Morgan fingerprint density at radius 2 is 1.37 bits per heavy atom. The minimum absolute atomic E-state index is 0.0284. The molecular formula is C20H21N3O3S. The predicted molar refractivity (Wildman–Crippen MR) is 106 cm³/mol. The second-order valence-corrected chi connectivity index (χ2v) is 7.54. The fraction of sp³-hybridized carbons (Fsp3) is 0.0500. The Morgan fingerprint density at radius 3 is 1.89 bits per heavy atom. The van der Waals surface area contributed by atoms with Gasteiger partial charge in [0.1, 0.15) is 0 Å². The van der Waals surface area contributed by atoms with Crippen LogP contribution in [0.15, 0.2) is 88.7 Å². The summed E-state index contributed by atoms with van der Waals surface area (Å²) in [4.78, 5) is 11.3. The van der Waals surface area contributed by atoms with E-state index in [0.717, 1.165) is 0 Å². The van der Waals surface area contributed by atoms with Gasteiger partial charge in [0.2, 0.25) is 15.7 Å². The second kappa shape index (κ2) is 8.98. The van der Waals surface area contributed by atoms with Gasteiger partial charge in [-0.3, -0.25) is 4.79 Å². The van der Waals surface area contributed by atoms with Crippen LogP contribution < -0.4 is 17.2 Å². The summed E-state index contributed by atoms with van der Waals surface area (Å²) in [6.45, 7) is 0.640. The lowest BCUT2D eigenvalue weighted by atomic mass is 10.2. The van der Waals surface area contributed by atoms with Gasteiger partial charge in [-0.15, -0.1) is 0 Å². The zero-order valence-electron chi connectivity index (χ0n) is 14.6. The number of benzene rings is 3. The molecule has 0 bridgehead atoms. The van der Waals surface area contributed by atoms with Crippen LogP contribution in [0.25, 0.3) is 0 Å². The van der Waals surface area contributed by atoms with Crippen molar-refractivity contribution in [3.05, 3.63) is 90.0 Å². The molecule has 0 aliphatic heterocycles. The molecule has 3 rings (SSSR count). The molecule has 0 unspecified atom stereocenters. The van der Waals surface area contributed by atoms with Crippen LogP contribution in [0.2, 0.25) is 0 Å². The Labute approximate surface area is 158 Å². The Kier molecular flexibility index (Phi) is 6.70. The molecule has 0 radical (unpaired) electrons. The van der Waals surface area contributed by atoms with Crippen molar-refractivity contribution in [3.8, 4) is 0 Å². The van der Waals surface area contributed by atoms with Crippen molar-refractivity contribution < 1.29 is 13.2 Å². The first kappa shape index (κ1) is 20.2. The highest BCUT2D eigenvalue weighted by atomic mass is 32.2.